The highest BCUT2D eigenvalue weighted by molar-refractivity contribution is 5.97. The molecule has 14 nitrogen and oxygen atoms in total. The number of allylic oxidation sites excluding steroid dienone is 12. The van der Waals surface area contributed by atoms with E-state index in [4.69, 9.17) is 15.2 Å². The van der Waals surface area contributed by atoms with Gasteiger partial charge in [0.1, 0.15) is 24.1 Å². The lowest BCUT2D eigenvalue weighted by molar-refractivity contribution is -0.304. The average molecular weight is 934 g/mol. The second-order valence-electron chi connectivity index (χ2n) is 18.3. The fourth-order valence-corrected chi connectivity index (χ4v) is 8.50. The van der Waals surface area contributed by atoms with Crippen molar-refractivity contribution in [2.75, 3.05) is 12.3 Å². The van der Waals surface area contributed by atoms with Crippen LogP contribution in [0.4, 0.5) is 5.69 Å². The second-order valence-corrected chi connectivity index (χ2v) is 18.3. The number of fused-ring (bicyclic) bond motifs is 2. The quantitative estimate of drug-likeness (QED) is 0.0655. The Labute approximate surface area is 396 Å². The molecule has 0 radical (unpaired) electrons. The molecule has 2 aliphatic rings. The van der Waals surface area contributed by atoms with Crippen LogP contribution in [0.5, 0.6) is 0 Å². The molecule has 0 aliphatic carbocycles. The normalized spacial score (nSPS) is 33.4. The number of benzene rings is 1. The number of hydrogen-bond donors (Lipinski definition) is 8. The van der Waals surface area contributed by atoms with Gasteiger partial charge in [-0.25, -0.2) is 0 Å². The molecule has 1 aromatic carbocycles. The summed E-state index contributed by atoms with van der Waals surface area (Å²) in [6.45, 7) is 5.20. The van der Waals surface area contributed by atoms with Gasteiger partial charge in [-0.2, -0.15) is 0 Å². The molecule has 3 rings (SSSR count). The number of carbonyl (C=O) groups excluding carboxylic acids is 4. The largest absolute Gasteiger partial charge is 0.461 e. The maximum Gasteiger partial charge on any atom is 0.313 e. The number of nitrogen functional groups attached to an aromatic ring is 1. The molecule has 1 fully saturated rings. The monoisotopic (exact) mass is 934 g/mol. The van der Waals surface area contributed by atoms with Gasteiger partial charge in [0.15, 0.2) is 11.6 Å². The predicted octanol–water partition coefficient (Wildman–Crippen LogP) is 5.89. The highest BCUT2D eigenvalue weighted by atomic mass is 16.6. The van der Waals surface area contributed by atoms with E-state index in [1.165, 1.54) is 6.08 Å². The van der Waals surface area contributed by atoms with Crippen molar-refractivity contribution in [1.29, 1.82) is 0 Å². The Hall–Kier alpha value is -4.64. The van der Waals surface area contributed by atoms with Crippen molar-refractivity contribution in [3.05, 3.63) is 115 Å². The van der Waals surface area contributed by atoms with Gasteiger partial charge in [-0.3, -0.25) is 19.2 Å². The summed E-state index contributed by atoms with van der Waals surface area (Å²) in [5.74, 6) is -5.06. The van der Waals surface area contributed by atoms with Crippen LogP contribution in [0.15, 0.2) is 109 Å². The van der Waals surface area contributed by atoms with Gasteiger partial charge in [-0.05, 0) is 68.2 Å². The summed E-state index contributed by atoms with van der Waals surface area (Å²) in [5, 5.41) is 75.1. The van der Waals surface area contributed by atoms with Crippen LogP contribution in [0.25, 0.3) is 0 Å². The fourth-order valence-electron chi connectivity index (χ4n) is 8.50. The van der Waals surface area contributed by atoms with Crippen LogP contribution in [0.3, 0.4) is 0 Å². The maximum absolute atomic E-state index is 13.2. The van der Waals surface area contributed by atoms with Crippen LogP contribution in [-0.2, 0) is 23.9 Å². The molecule has 1 saturated heterocycles. The van der Waals surface area contributed by atoms with E-state index in [0.717, 1.165) is 0 Å². The minimum Gasteiger partial charge on any atom is -0.461 e. The first-order valence-electron chi connectivity index (χ1n) is 23.6. The molecule has 2 aliphatic heterocycles. The zero-order chi connectivity index (χ0) is 49.4. The van der Waals surface area contributed by atoms with Gasteiger partial charge >= 0.3 is 5.97 Å². The van der Waals surface area contributed by atoms with E-state index in [1.54, 1.807) is 48.6 Å². The number of aliphatic hydroxyl groups is 7. The Bertz CT molecular complexity index is 1900. The van der Waals surface area contributed by atoms with E-state index >= 15 is 0 Å². The number of ketones is 3. The number of aliphatic hydroxyl groups excluding tert-OH is 6. The fraction of sp³-hybridized carbons (Fsp3) is 0.547. The summed E-state index contributed by atoms with van der Waals surface area (Å²) in [5.41, 5.74) is 6.73. The van der Waals surface area contributed by atoms with Gasteiger partial charge in [-0.1, -0.05) is 106 Å². The predicted molar refractivity (Wildman–Crippen MR) is 257 cm³/mol. The standard InChI is InChI=1S/C53H75NO13/c1-36-18-14-12-10-8-6-4-5-7-9-11-13-15-19-43(58)30-50-46(35-55)49(63)34-53(65,67-50)33-45(60)29-42(57)22-16-20-41(56)21-17-23-44(59)31-51(64)66-52(36)38(3)28-37(2)47(61)32-48(62)39-24-26-40(54)27-25-39/h4-15,18-19,24-27,36-38,42-43,45-47,49-50,52,55,57-58,60-61,63,65H,16-17,20-23,28-35,54H2,1-3H3/b5-4+,8-6+,9-7+,12-10+,13-11+,18-14+,19-15+. The first kappa shape index (κ1) is 56.7. The maximum atomic E-state index is 13.2. The number of Topliss-reactive ketones (excluding diaryl/α,β-unsaturated/α-hetero) is 3. The zero-order valence-corrected chi connectivity index (χ0v) is 39.3. The van der Waals surface area contributed by atoms with Crippen molar-refractivity contribution in [3.8, 4) is 0 Å². The first-order valence-corrected chi connectivity index (χ1v) is 23.6. The van der Waals surface area contributed by atoms with Crippen LogP contribution in [-0.4, -0.2) is 114 Å². The number of cyclic esters (lactones) is 1. The Morgan fingerprint density at radius 3 is 1.96 bits per heavy atom. The molecule has 1 aromatic rings. The number of rotatable bonds is 8. The van der Waals surface area contributed by atoms with E-state index in [9.17, 15) is 54.9 Å². The summed E-state index contributed by atoms with van der Waals surface area (Å²) in [7, 11) is 0. The molecular formula is C53H75NO13. The van der Waals surface area contributed by atoms with E-state index < -0.39 is 73.4 Å². The number of nitrogens with two attached hydrogens (primary N) is 1. The molecule has 9 N–H and O–H groups in total. The van der Waals surface area contributed by atoms with Gasteiger partial charge in [0.2, 0.25) is 0 Å². The number of hydrogen-bond acceptors (Lipinski definition) is 14. The van der Waals surface area contributed by atoms with Crippen LogP contribution < -0.4 is 5.73 Å². The van der Waals surface area contributed by atoms with E-state index in [1.807, 2.05) is 75.5 Å². The summed E-state index contributed by atoms with van der Waals surface area (Å²) in [4.78, 5) is 51.6. The summed E-state index contributed by atoms with van der Waals surface area (Å²) in [6.07, 6.45) is 18.0. The van der Waals surface area contributed by atoms with Crippen LogP contribution >= 0.6 is 0 Å². The highest BCUT2D eigenvalue weighted by Gasteiger charge is 2.46. The van der Waals surface area contributed by atoms with Crippen molar-refractivity contribution < 1.29 is 64.4 Å². The number of ether oxygens (including phenoxy) is 2. The number of anilines is 1. The number of carbonyl (C=O) groups is 4. The van der Waals surface area contributed by atoms with Gasteiger partial charge in [0, 0.05) is 68.0 Å². The molecule has 370 valence electrons. The van der Waals surface area contributed by atoms with Crippen LogP contribution in [0, 0.1) is 23.7 Å². The molecule has 67 heavy (non-hydrogen) atoms. The third-order valence-corrected chi connectivity index (χ3v) is 12.2. The van der Waals surface area contributed by atoms with E-state index in [0.29, 0.717) is 24.1 Å². The Kier molecular flexibility index (Phi) is 25.4. The molecular weight excluding hydrogens is 859 g/mol. The van der Waals surface area contributed by atoms with E-state index in [-0.39, 0.29) is 99.3 Å². The molecule has 0 amide bonds. The van der Waals surface area contributed by atoms with Gasteiger partial charge in [0.05, 0.1) is 43.2 Å². The summed E-state index contributed by atoms with van der Waals surface area (Å²) >= 11 is 0. The Balaban J connectivity index is 1.71. The van der Waals surface area contributed by atoms with Crippen molar-refractivity contribution in [3.63, 3.8) is 0 Å². The molecule has 0 saturated carbocycles. The minimum absolute atomic E-state index is 0.00726. The Morgan fingerprint density at radius 2 is 1.34 bits per heavy atom. The zero-order valence-electron chi connectivity index (χ0n) is 39.3. The SMILES string of the molecule is CC1/C=C/C=C/C=C/C=C/C=C/C=C/C=C/C(O)CC2OC(O)(CC(O)CC(O)CCCC(=O)CCCC(=O)CC(=O)OC1C(C)CC(C)C(O)CC(=O)c1ccc(N)cc1)CC(O)C2CO. The van der Waals surface area contributed by atoms with Crippen molar-refractivity contribution >= 4 is 29.0 Å². The smallest absolute Gasteiger partial charge is 0.313 e. The summed E-state index contributed by atoms with van der Waals surface area (Å²) < 4.78 is 11.8. The minimum atomic E-state index is -1.98. The highest BCUT2D eigenvalue weighted by Crippen LogP contribution is 2.37. The molecule has 14 heteroatoms. The van der Waals surface area contributed by atoms with Gasteiger partial charge in [-0.15, -0.1) is 0 Å². The summed E-state index contributed by atoms with van der Waals surface area (Å²) in [6, 6.07) is 6.51. The van der Waals surface area contributed by atoms with Crippen molar-refractivity contribution in [1.82, 2.24) is 0 Å². The molecule has 0 spiro atoms. The van der Waals surface area contributed by atoms with Gasteiger partial charge < -0.3 is 51.0 Å². The third kappa shape index (κ3) is 21.9. The lowest BCUT2D eigenvalue weighted by Crippen LogP contribution is -2.54. The first-order chi connectivity index (χ1) is 31.9. The van der Waals surface area contributed by atoms with Crippen LogP contribution in [0.1, 0.15) is 115 Å². The van der Waals surface area contributed by atoms with Crippen molar-refractivity contribution in [2.24, 2.45) is 23.7 Å². The molecule has 2 bridgehead atoms. The molecule has 0 aromatic heterocycles. The van der Waals surface area contributed by atoms with Crippen molar-refractivity contribution in [2.45, 2.75) is 153 Å². The lowest BCUT2D eigenvalue weighted by Gasteiger charge is -2.45. The van der Waals surface area contributed by atoms with Gasteiger partial charge in [0.25, 0.3) is 0 Å². The lowest BCUT2D eigenvalue weighted by atomic mass is 9.83. The Morgan fingerprint density at radius 1 is 0.776 bits per heavy atom. The second kappa shape index (κ2) is 30.0. The molecule has 12 unspecified atom stereocenters. The molecule has 12 atom stereocenters. The van der Waals surface area contributed by atoms with E-state index in [2.05, 4.69) is 0 Å². The third-order valence-electron chi connectivity index (χ3n) is 12.2. The topological polar surface area (TPSA) is 254 Å². The number of esters is 1. The molecule has 2 heterocycles. The average Bonchev–Trinajstić information content (AvgIpc) is 3.24. The van der Waals surface area contributed by atoms with Crippen LogP contribution in [0.2, 0.25) is 0 Å².